The Bertz CT molecular complexity index is 260. The lowest BCUT2D eigenvalue weighted by Gasteiger charge is -2.28. The van der Waals surface area contributed by atoms with Crippen LogP contribution < -0.4 is 5.32 Å². The summed E-state index contributed by atoms with van der Waals surface area (Å²) in [4.78, 5) is 11.0. The first-order valence-corrected chi connectivity index (χ1v) is 7.28. The van der Waals surface area contributed by atoms with Crippen molar-refractivity contribution in [3.63, 3.8) is 0 Å². The monoisotopic (exact) mass is 273 g/mol. The number of rotatable bonds is 9. The van der Waals surface area contributed by atoms with Crippen LogP contribution in [0.1, 0.15) is 45.4 Å². The molecular formula is C14H27NO4. The van der Waals surface area contributed by atoms with Crippen LogP contribution in [0.25, 0.3) is 0 Å². The van der Waals surface area contributed by atoms with Crippen LogP contribution in [-0.2, 0) is 14.3 Å². The molecule has 2 N–H and O–H groups in total. The average Bonchev–Trinajstić information content (AvgIpc) is 2.42. The van der Waals surface area contributed by atoms with Gasteiger partial charge in [-0.1, -0.05) is 6.92 Å². The molecule has 1 aliphatic carbocycles. The van der Waals surface area contributed by atoms with E-state index in [-0.39, 0.29) is 6.10 Å². The molecule has 0 aromatic carbocycles. The second kappa shape index (κ2) is 9.28. The van der Waals surface area contributed by atoms with E-state index in [0.29, 0.717) is 19.1 Å². The third-order valence-corrected chi connectivity index (χ3v) is 3.61. The van der Waals surface area contributed by atoms with Gasteiger partial charge in [-0.05, 0) is 45.1 Å². The molecule has 3 atom stereocenters. The Kier molecular flexibility index (Phi) is 8.02. The number of carbonyl (C=O) groups is 1. The molecule has 0 heterocycles. The molecule has 5 nitrogen and oxygen atoms in total. The first-order valence-electron chi connectivity index (χ1n) is 7.28. The molecule has 0 spiro atoms. The fourth-order valence-electron chi connectivity index (χ4n) is 2.45. The van der Waals surface area contributed by atoms with Crippen molar-refractivity contribution in [1.29, 1.82) is 0 Å². The summed E-state index contributed by atoms with van der Waals surface area (Å²) in [5.41, 5.74) is 0. The van der Waals surface area contributed by atoms with Gasteiger partial charge >= 0.3 is 5.97 Å². The normalized spacial score (nSPS) is 25.2. The van der Waals surface area contributed by atoms with Crippen molar-refractivity contribution in [2.75, 3.05) is 20.3 Å². The first-order chi connectivity index (χ1) is 9.17. The largest absolute Gasteiger partial charge is 0.480 e. The van der Waals surface area contributed by atoms with Crippen LogP contribution in [0.5, 0.6) is 0 Å². The maximum Gasteiger partial charge on any atom is 0.320 e. The average molecular weight is 273 g/mol. The molecule has 5 heteroatoms. The van der Waals surface area contributed by atoms with Gasteiger partial charge in [-0.25, -0.2) is 0 Å². The summed E-state index contributed by atoms with van der Waals surface area (Å²) in [5, 5.41) is 12.1. The molecule has 0 radical (unpaired) electrons. The Morgan fingerprint density at radius 3 is 2.79 bits per heavy atom. The molecule has 0 aliphatic heterocycles. The summed E-state index contributed by atoms with van der Waals surface area (Å²) in [6.07, 6.45) is 6.18. The van der Waals surface area contributed by atoms with Crippen molar-refractivity contribution in [1.82, 2.24) is 5.32 Å². The van der Waals surface area contributed by atoms with Gasteiger partial charge in [0.25, 0.3) is 0 Å². The molecule has 0 aromatic heterocycles. The summed E-state index contributed by atoms with van der Waals surface area (Å²) in [7, 11) is 1.74. The zero-order chi connectivity index (χ0) is 14.1. The number of carboxylic acids is 1. The highest BCUT2D eigenvalue weighted by atomic mass is 16.5. The Balaban J connectivity index is 2.21. The molecule has 112 valence electrons. The lowest BCUT2D eigenvalue weighted by Crippen LogP contribution is -2.38. The molecule has 0 amide bonds. The van der Waals surface area contributed by atoms with Gasteiger partial charge in [0.05, 0.1) is 12.2 Å². The van der Waals surface area contributed by atoms with Crippen LogP contribution in [0.2, 0.25) is 0 Å². The molecule has 0 aromatic rings. The van der Waals surface area contributed by atoms with Gasteiger partial charge < -0.3 is 19.9 Å². The Hall–Kier alpha value is -0.650. The highest BCUT2D eigenvalue weighted by Gasteiger charge is 2.23. The molecule has 1 saturated carbocycles. The maximum atomic E-state index is 11.0. The third-order valence-electron chi connectivity index (χ3n) is 3.61. The SMILES string of the molecule is CCCNC(CCOC1CCCC(OC)C1)C(=O)O. The van der Waals surface area contributed by atoms with Crippen molar-refractivity contribution in [2.45, 2.75) is 63.7 Å². The van der Waals surface area contributed by atoms with Gasteiger partial charge in [0.1, 0.15) is 6.04 Å². The minimum atomic E-state index is -0.796. The fraction of sp³-hybridized carbons (Fsp3) is 0.929. The topological polar surface area (TPSA) is 67.8 Å². The first kappa shape index (κ1) is 16.4. The summed E-state index contributed by atoms with van der Waals surface area (Å²) >= 11 is 0. The second-order valence-electron chi connectivity index (χ2n) is 5.15. The van der Waals surface area contributed by atoms with Crippen molar-refractivity contribution in [2.24, 2.45) is 0 Å². The standard InChI is InChI=1S/C14H27NO4/c1-3-8-15-13(14(16)17)7-9-19-12-6-4-5-11(10-12)18-2/h11-13,15H,3-10H2,1-2H3,(H,16,17). The molecule has 3 unspecified atom stereocenters. The lowest BCUT2D eigenvalue weighted by atomic mass is 9.95. The van der Waals surface area contributed by atoms with Crippen LogP contribution in [0, 0.1) is 0 Å². The van der Waals surface area contributed by atoms with E-state index in [1.54, 1.807) is 7.11 Å². The number of aliphatic carboxylic acids is 1. The fourth-order valence-corrected chi connectivity index (χ4v) is 2.45. The van der Waals surface area contributed by atoms with Crippen LogP contribution in [-0.4, -0.2) is 49.6 Å². The predicted octanol–water partition coefficient (Wildman–Crippen LogP) is 1.80. The van der Waals surface area contributed by atoms with Crippen LogP contribution in [0.4, 0.5) is 0 Å². The molecular weight excluding hydrogens is 246 g/mol. The van der Waals surface area contributed by atoms with E-state index in [9.17, 15) is 4.79 Å². The predicted molar refractivity (Wildman–Crippen MR) is 73.3 cm³/mol. The van der Waals surface area contributed by atoms with E-state index in [1.165, 1.54) is 0 Å². The zero-order valence-electron chi connectivity index (χ0n) is 12.1. The van der Waals surface area contributed by atoms with Crippen molar-refractivity contribution in [3.05, 3.63) is 0 Å². The van der Waals surface area contributed by atoms with Crippen LogP contribution in [0.15, 0.2) is 0 Å². The lowest BCUT2D eigenvalue weighted by molar-refractivity contribution is -0.140. The Labute approximate surface area is 115 Å². The number of nitrogens with one attached hydrogen (secondary N) is 1. The van der Waals surface area contributed by atoms with E-state index < -0.39 is 12.0 Å². The highest BCUT2D eigenvalue weighted by molar-refractivity contribution is 5.73. The molecule has 0 saturated heterocycles. The summed E-state index contributed by atoms with van der Waals surface area (Å²) < 4.78 is 11.1. The van der Waals surface area contributed by atoms with E-state index in [0.717, 1.165) is 38.6 Å². The maximum absolute atomic E-state index is 11.0. The van der Waals surface area contributed by atoms with E-state index in [2.05, 4.69) is 5.32 Å². The molecule has 1 rings (SSSR count). The van der Waals surface area contributed by atoms with Crippen molar-refractivity contribution in [3.8, 4) is 0 Å². The van der Waals surface area contributed by atoms with Crippen LogP contribution >= 0.6 is 0 Å². The van der Waals surface area contributed by atoms with E-state index in [4.69, 9.17) is 14.6 Å². The van der Waals surface area contributed by atoms with Gasteiger partial charge in [0.2, 0.25) is 0 Å². The van der Waals surface area contributed by atoms with Gasteiger partial charge in [-0.2, -0.15) is 0 Å². The molecule has 0 bridgehead atoms. The van der Waals surface area contributed by atoms with Gasteiger partial charge in [0, 0.05) is 13.7 Å². The van der Waals surface area contributed by atoms with Crippen molar-refractivity contribution < 1.29 is 19.4 Å². The number of ether oxygens (including phenoxy) is 2. The zero-order valence-corrected chi connectivity index (χ0v) is 12.1. The minimum Gasteiger partial charge on any atom is -0.480 e. The number of hydrogen-bond acceptors (Lipinski definition) is 4. The third kappa shape index (κ3) is 6.36. The van der Waals surface area contributed by atoms with Gasteiger partial charge in [-0.3, -0.25) is 4.79 Å². The Morgan fingerprint density at radius 1 is 1.42 bits per heavy atom. The van der Waals surface area contributed by atoms with Crippen LogP contribution in [0.3, 0.4) is 0 Å². The molecule has 1 fully saturated rings. The number of carboxylic acid groups (broad SMARTS) is 1. The van der Waals surface area contributed by atoms with Crippen molar-refractivity contribution >= 4 is 5.97 Å². The Morgan fingerprint density at radius 2 is 2.16 bits per heavy atom. The molecule has 1 aliphatic rings. The quantitative estimate of drug-likeness (QED) is 0.670. The second-order valence-corrected chi connectivity index (χ2v) is 5.15. The smallest absolute Gasteiger partial charge is 0.320 e. The molecule has 19 heavy (non-hydrogen) atoms. The number of methoxy groups -OCH3 is 1. The summed E-state index contributed by atoms with van der Waals surface area (Å²) in [6.45, 7) is 3.25. The van der Waals surface area contributed by atoms with Gasteiger partial charge in [0.15, 0.2) is 0 Å². The summed E-state index contributed by atoms with van der Waals surface area (Å²) in [5.74, 6) is -0.796. The van der Waals surface area contributed by atoms with Gasteiger partial charge in [-0.15, -0.1) is 0 Å². The minimum absolute atomic E-state index is 0.222. The van der Waals surface area contributed by atoms with E-state index >= 15 is 0 Å². The van der Waals surface area contributed by atoms with E-state index in [1.807, 2.05) is 6.92 Å². The number of hydrogen-bond donors (Lipinski definition) is 2. The highest BCUT2D eigenvalue weighted by Crippen LogP contribution is 2.23. The summed E-state index contributed by atoms with van der Waals surface area (Å²) in [6, 6.07) is -0.498.